The number of rotatable bonds is 5. The van der Waals surface area contributed by atoms with Crippen molar-refractivity contribution < 1.29 is 4.74 Å². The maximum atomic E-state index is 5.25. The second kappa shape index (κ2) is 5.97. The molecular formula is C20H22N6O. The Morgan fingerprint density at radius 2 is 2.00 bits per heavy atom. The summed E-state index contributed by atoms with van der Waals surface area (Å²) in [5.41, 5.74) is 5.81. The van der Waals surface area contributed by atoms with Crippen molar-refractivity contribution in [2.24, 2.45) is 5.92 Å². The van der Waals surface area contributed by atoms with Gasteiger partial charge in [0.2, 0.25) is 0 Å². The van der Waals surface area contributed by atoms with Crippen molar-refractivity contribution in [2.45, 2.75) is 32.7 Å². The molecule has 1 atom stereocenters. The molecule has 1 aliphatic carbocycles. The molecule has 0 amide bonds. The maximum absolute atomic E-state index is 5.25. The fourth-order valence-electron chi connectivity index (χ4n) is 3.67. The monoisotopic (exact) mass is 362 g/mol. The molecule has 2 N–H and O–H groups in total. The van der Waals surface area contributed by atoms with E-state index in [1.807, 2.05) is 37.4 Å². The first kappa shape index (κ1) is 16.1. The second-order valence-electron chi connectivity index (χ2n) is 7.28. The number of fused-ring (bicyclic) bond motifs is 1. The quantitative estimate of drug-likeness (QED) is 0.560. The molecule has 7 nitrogen and oxygen atoms in total. The number of ether oxygens (including phenoxy) is 1. The zero-order chi connectivity index (χ0) is 18.5. The van der Waals surface area contributed by atoms with Gasteiger partial charge in [-0.15, -0.1) is 0 Å². The first-order valence-corrected chi connectivity index (χ1v) is 9.28. The Morgan fingerprint density at radius 3 is 2.70 bits per heavy atom. The molecule has 1 fully saturated rings. The maximum Gasteiger partial charge on any atom is 0.177 e. The van der Waals surface area contributed by atoms with E-state index in [-0.39, 0.29) is 0 Å². The van der Waals surface area contributed by atoms with Gasteiger partial charge in [-0.2, -0.15) is 10.2 Å². The Hall–Kier alpha value is -3.09. The van der Waals surface area contributed by atoms with Gasteiger partial charge in [-0.3, -0.25) is 5.10 Å². The van der Waals surface area contributed by atoms with Crippen LogP contribution in [0.25, 0.3) is 33.8 Å². The van der Waals surface area contributed by atoms with E-state index in [1.165, 1.54) is 12.8 Å². The number of aryl methyl sites for hydroxylation is 1. The summed E-state index contributed by atoms with van der Waals surface area (Å²) in [6.45, 7) is 4.26. The van der Waals surface area contributed by atoms with Crippen LogP contribution in [-0.4, -0.2) is 37.1 Å². The zero-order valence-corrected chi connectivity index (χ0v) is 15.7. The van der Waals surface area contributed by atoms with E-state index in [2.05, 4.69) is 26.8 Å². The number of nitrogens with zero attached hydrogens (tertiary/aromatic N) is 4. The van der Waals surface area contributed by atoms with Crippen molar-refractivity contribution in [3.8, 4) is 28.4 Å². The molecule has 1 aromatic carbocycles. The minimum Gasteiger partial charge on any atom is -0.497 e. The normalized spacial score (nSPS) is 15.4. The van der Waals surface area contributed by atoms with Gasteiger partial charge in [-0.25, -0.2) is 9.67 Å². The van der Waals surface area contributed by atoms with Gasteiger partial charge >= 0.3 is 0 Å². The number of hydrogen-bond donors (Lipinski definition) is 2. The molecule has 0 radical (unpaired) electrons. The summed E-state index contributed by atoms with van der Waals surface area (Å²) in [4.78, 5) is 8.34. The topological polar surface area (TPSA) is 84.4 Å². The molecule has 7 heteroatoms. The lowest BCUT2D eigenvalue weighted by Gasteiger charge is -2.10. The predicted octanol–water partition coefficient (Wildman–Crippen LogP) is 4.10. The highest BCUT2D eigenvalue weighted by molar-refractivity contribution is 5.83. The number of nitrogens with one attached hydrogen (secondary N) is 2. The lowest BCUT2D eigenvalue weighted by Crippen LogP contribution is -2.09. The fourth-order valence-corrected chi connectivity index (χ4v) is 3.67. The molecule has 0 saturated heterocycles. The summed E-state index contributed by atoms with van der Waals surface area (Å²) in [5.74, 6) is 2.35. The molecule has 0 aliphatic heterocycles. The van der Waals surface area contributed by atoms with Gasteiger partial charge in [-0.05, 0) is 56.9 Å². The van der Waals surface area contributed by atoms with Gasteiger partial charge in [-0.1, -0.05) is 0 Å². The lowest BCUT2D eigenvalue weighted by atomic mass is 10.1. The molecule has 0 spiro atoms. The lowest BCUT2D eigenvalue weighted by molar-refractivity contribution is 0.415. The Balaban J connectivity index is 1.58. The van der Waals surface area contributed by atoms with Crippen LogP contribution >= 0.6 is 0 Å². The summed E-state index contributed by atoms with van der Waals surface area (Å²) >= 11 is 0. The Bertz CT molecular complexity index is 1100. The third-order valence-corrected chi connectivity index (χ3v) is 5.48. The minimum atomic E-state index is 0.378. The third kappa shape index (κ3) is 2.61. The first-order valence-electron chi connectivity index (χ1n) is 9.28. The molecule has 0 bridgehead atoms. The number of aromatic amines is 2. The average Bonchev–Trinajstić information content (AvgIpc) is 3.13. The summed E-state index contributed by atoms with van der Waals surface area (Å²) in [7, 11) is 1.67. The van der Waals surface area contributed by atoms with E-state index >= 15 is 0 Å². The average molecular weight is 362 g/mol. The predicted molar refractivity (Wildman–Crippen MR) is 104 cm³/mol. The van der Waals surface area contributed by atoms with E-state index < -0.39 is 0 Å². The summed E-state index contributed by atoms with van der Waals surface area (Å²) < 4.78 is 7.33. The van der Waals surface area contributed by atoms with Crippen molar-refractivity contribution >= 4 is 11.2 Å². The number of imidazole rings is 1. The highest BCUT2D eigenvalue weighted by atomic mass is 16.5. The minimum absolute atomic E-state index is 0.378. The number of H-pyrrole nitrogens is 2. The standard InChI is InChI=1S/C20H22N6O/c1-11-17-20(26(25-11)12(2)13-4-5-13)23-19(22-17)16-10-21-24-18(16)14-6-8-15(27-3)9-7-14/h6-10,12-13H,4-5H2,1-3H3,(H,21,24)(H,22,23). The number of benzene rings is 1. The van der Waals surface area contributed by atoms with E-state index in [0.717, 1.165) is 51.2 Å². The summed E-state index contributed by atoms with van der Waals surface area (Å²) in [5, 5.41) is 12.1. The second-order valence-corrected chi connectivity index (χ2v) is 7.28. The molecule has 1 saturated carbocycles. The van der Waals surface area contributed by atoms with Gasteiger partial charge in [0, 0.05) is 5.56 Å². The molecule has 27 heavy (non-hydrogen) atoms. The zero-order valence-electron chi connectivity index (χ0n) is 15.7. The largest absolute Gasteiger partial charge is 0.497 e. The fraction of sp³-hybridized carbons (Fsp3) is 0.350. The molecular weight excluding hydrogens is 340 g/mol. The van der Waals surface area contributed by atoms with Crippen molar-refractivity contribution in [1.29, 1.82) is 0 Å². The molecule has 3 heterocycles. The van der Waals surface area contributed by atoms with Gasteiger partial charge in [0.1, 0.15) is 17.1 Å². The van der Waals surface area contributed by atoms with Crippen molar-refractivity contribution in [2.75, 3.05) is 7.11 Å². The SMILES string of the molecule is COc1ccc(-c2[nH]ncc2-c2nc3c([nH]2)c(C)nn3C(C)C2CC2)cc1. The van der Waals surface area contributed by atoms with Crippen molar-refractivity contribution in [1.82, 2.24) is 29.9 Å². The molecule has 138 valence electrons. The highest BCUT2D eigenvalue weighted by Crippen LogP contribution is 2.40. The third-order valence-electron chi connectivity index (χ3n) is 5.48. The smallest absolute Gasteiger partial charge is 0.177 e. The number of aromatic nitrogens is 6. The van der Waals surface area contributed by atoms with Crippen LogP contribution in [0.1, 0.15) is 31.5 Å². The van der Waals surface area contributed by atoms with Crippen molar-refractivity contribution in [3.05, 3.63) is 36.2 Å². The Morgan fingerprint density at radius 1 is 1.22 bits per heavy atom. The number of hydrogen-bond acceptors (Lipinski definition) is 4. The van der Waals surface area contributed by atoms with Gasteiger partial charge in [0.15, 0.2) is 5.65 Å². The van der Waals surface area contributed by atoms with E-state index in [1.54, 1.807) is 7.11 Å². The van der Waals surface area contributed by atoms with E-state index in [0.29, 0.717) is 6.04 Å². The molecule has 3 aromatic heterocycles. The highest BCUT2D eigenvalue weighted by Gasteiger charge is 2.31. The van der Waals surface area contributed by atoms with Crippen LogP contribution < -0.4 is 4.74 Å². The van der Waals surface area contributed by atoms with Gasteiger partial charge in [0.25, 0.3) is 0 Å². The Kier molecular flexibility index (Phi) is 3.56. The molecule has 1 aliphatic rings. The number of methoxy groups -OCH3 is 1. The van der Waals surface area contributed by atoms with Crippen LogP contribution in [0.15, 0.2) is 30.5 Å². The van der Waals surface area contributed by atoms with Crippen LogP contribution in [0.4, 0.5) is 0 Å². The Labute approximate surface area is 156 Å². The van der Waals surface area contributed by atoms with Crippen LogP contribution in [0.3, 0.4) is 0 Å². The van der Waals surface area contributed by atoms with Crippen LogP contribution in [-0.2, 0) is 0 Å². The van der Waals surface area contributed by atoms with Crippen molar-refractivity contribution in [3.63, 3.8) is 0 Å². The van der Waals surface area contributed by atoms with Gasteiger partial charge in [0.05, 0.1) is 36.3 Å². The molecule has 5 rings (SSSR count). The summed E-state index contributed by atoms with van der Waals surface area (Å²) in [6.07, 6.45) is 4.37. The van der Waals surface area contributed by atoms with Crippen LogP contribution in [0.2, 0.25) is 0 Å². The summed E-state index contributed by atoms with van der Waals surface area (Å²) in [6, 6.07) is 8.29. The van der Waals surface area contributed by atoms with Crippen LogP contribution in [0, 0.1) is 12.8 Å². The van der Waals surface area contributed by atoms with Crippen LogP contribution in [0.5, 0.6) is 5.75 Å². The molecule has 1 unspecified atom stereocenters. The first-order chi connectivity index (χ1) is 13.2. The van der Waals surface area contributed by atoms with E-state index in [4.69, 9.17) is 14.8 Å². The molecule has 4 aromatic rings. The van der Waals surface area contributed by atoms with E-state index in [9.17, 15) is 0 Å². The van der Waals surface area contributed by atoms with Gasteiger partial charge < -0.3 is 9.72 Å².